The van der Waals surface area contributed by atoms with Gasteiger partial charge in [-0.2, -0.15) is 0 Å². The number of hydrogen-bond donors (Lipinski definition) is 1. The van der Waals surface area contributed by atoms with Crippen molar-refractivity contribution in [3.63, 3.8) is 0 Å². The Balaban J connectivity index is 3.84. The third kappa shape index (κ3) is 5.90. The number of methoxy groups -OCH3 is 2. The molecule has 0 saturated heterocycles. The van der Waals surface area contributed by atoms with Crippen LogP contribution in [0.4, 0.5) is 0 Å². The van der Waals surface area contributed by atoms with E-state index >= 15 is 0 Å². The third-order valence-electron chi connectivity index (χ3n) is 1.81. The number of nitrogens with zero attached hydrogens (tertiary/aromatic N) is 1. The van der Waals surface area contributed by atoms with E-state index in [1.54, 1.807) is 19.1 Å². The Bertz CT molecular complexity index is 152. The van der Waals surface area contributed by atoms with Gasteiger partial charge in [0.25, 0.3) is 0 Å². The van der Waals surface area contributed by atoms with Crippen molar-refractivity contribution < 1.29 is 19.4 Å². The highest BCUT2D eigenvalue weighted by Crippen LogP contribution is 1.94. The summed E-state index contributed by atoms with van der Waals surface area (Å²) < 4.78 is 9.67. The zero-order valence-electron chi connectivity index (χ0n) is 8.86. The maximum Gasteiger partial charge on any atom is 0.225 e. The zero-order chi connectivity index (χ0) is 10.8. The van der Waals surface area contributed by atoms with Crippen LogP contribution < -0.4 is 0 Å². The van der Waals surface area contributed by atoms with E-state index in [9.17, 15) is 4.79 Å². The number of aliphatic hydroxyl groups excluding tert-OH is 1. The fourth-order valence-electron chi connectivity index (χ4n) is 1.03. The average Bonchev–Trinajstić information content (AvgIpc) is 2.20. The summed E-state index contributed by atoms with van der Waals surface area (Å²) in [7, 11) is 3.13. The Labute approximate surface area is 84.6 Å². The van der Waals surface area contributed by atoms with Crippen LogP contribution in [0, 0.1) is 0 Å². The second-order valence-electron chi connectivity index (χ2n) is 2.84. The molecule has 0 heterocycles. The quantitative estimate of drug-likeness (QED) is 0.580. The lowest BCUT2D eigenvalue weighted by Crippen LogP contribution is -2.36. The van der Waals surface area contributed by atoms with Crippen LogP contribution in [0.25, 0.3) is 0 Å². The second kappa shape index (κ2) is 8.93. The van der Waals surface area contributed by atoms with Gasteiger partial charge >= 0.3 is 0 Å². The number of carbonyl (C=O) groups excluding carboxylic acids is 1. The fourth-order valence-corrected chi connectivity index (χ4v) is 1.03. The van der Waals surface area contributed by atoms with Crippen molar-refractivity contribution in [2.24, 2.45) is 0 Å². The predicted octanol–water partition coefficient (Wildman–Crippen LogP) is -0.510. The lowest BCUT2D eigenvalue weighted by molar-refractivity contribution is -0.133. The molecule has 0 fully saturated rings. The van der Waals surface area contributed by atoms with Crippen molar-refractivity contribution >= 4 is 5.91 Å². The van der Waals surface area contributed by atoms with Gasteiger partial charge in [-0.3, -0.25) is 4.79 Å². The van der Waals surface area contributed by atoms with Crippen LogP contribution in [-0.2, 0) is 14.3 Å². The molecule has 0 atom stereocenters. The van der Waals surface area contributed by atoms with Crippen molar-refractivity contribution in [3.05, 3.63) is 0 Å². The highest BCUT2D eigenvalue weighted by Gasteiger charge is 2.11. The van der Waals surface area contributed by atoms with Crippen molar-refractivity contribution in [1.29, 1.82) is 0 Å². The van der Waals surface area contributed by atoms with Gasteiger partial charge in [0.2, 0.25) is 5.91 Å². The number of aliphatic hydroxyl groups is 1. The number of carbonyl (C=O) groups is 1. The van der Waals surface area contributed by atoms with E-state index in [0.717, 1.165) is 0 Å². The number of hydrogen-bond acceptors (Lipinski definition) is 4. The SMILES string of the molecule is COCCC(=O)N(CCO)CCOC. The van der Waals surface area contributed by atoms with Gasteiger partial charge in [0, 0.05) is 27.3 Å². The molecule has 0 saturated carbocycles. The van der Waals surface area contributed by atoms with Crippen LogP contribution >= 0.6 is 0 Å². The van der Waals surface area contributed by atoms with Crippen LogP contribution in [0.2, 0.25) is 0 Å². The predicted molar refractivity (Wildman–Crippen MR) is 52.0 cm³/mol. The van der Waals surface area contributed by atoms with E-state index in [1.807, 2.05) is 0 Å². The molecule has 0 aliphatic rings. The lowest BCUT2D eigenvalue weighted by atomic mass is 10.3. The molecular weight excluding hydrogens is 186 g/mol. The first kappa shape index (κ1) is 13.4. The smallest absolute Gasteiger partial charge is 0.225 e. The first-order valence-corrected chi connectivity index (χ1v) is 4.62. The van der Waals surface area contributed by atoms with E-state index in [-0.39, 0.29) is 12.5 Å². The van der Waals surface area contributed by atoms with Crippen molar-refractivity contribution in [1.82, 2.24) is 4.90 Å². The minimum absolute atomic E-state index is 0.0158. The molecule has 0 aromatic heterocycles. The van der Waals surface area contributed by atoms with Gasteiger partial charge < -0.3 is 19.5 Å². The summed E-state index contributed by atoms with van der Waals surface area (Å²) in [4.78, 5) is 13.0. The Hall–Kier alpha value is -0.650. The molecule has 0 radical (unpaired) electrons. The second-order valence-corrected chi connectivity index (χ2v) is 2.84. The van der Waals surface area contributed by atoms with Crippen LogP contribution in [-0.4, -0.2) is 63.0 Å². The Morgan fingerprint density at radius 2 is 1.86 bits per heavy atom. The van der Waals surface area contributed by atoms with Gasteiger partial charge in [0.15, 0.2) is 0 Å². The molecule has 84 valence electrons. The molecular formula is C9H19NO4. The molecule has 0 aliphatic heterocycles. The summed E-state index contributed by atoms with van der Waals surface area (Å²) in [6, 6.07) is 0. The summed E-state index contributed by atoms with van der Waals surface area (Å²) in [5, 5.41) is 8.74. The largest absolute Gasteiger partial charge is 0.395 e. The van der Waals surface area contributed by atoms with Crippen molar-refractivity contribution in [3.8, 4) is 0 Å². The molecule has 14 heavy (non-hydrogen) atoms. The zero-order valence-corrected chi connectivity index (χ0v) is 8.86. The van der Waals surface area contributed by atoms with E-state index in [0.29, 0.717) is 32.7 Å². The topological polar surface area (TPSA) is 59.0 Å². The van der Waals surface area contributed by atoms with Crippen molar-refractivity contribution in [2.75, 3.05) is 47.1 Å². The molecule has 0 aliphatic carbocycles. The molecule has 5 nitrogen and oxygen atoms in total. The molecule has 0 aromatic carbocycles. The summed E-state index contributed by atoms with van der Waals surface area (Å²) in [5.41, 5.74) is 0. The summed E-state index contributed by atoms with van der Waals surface area (Å²) in [6.45, 7) is 1.74. The lowest BCUT2D eigenvalue weighted by Gasteiger charge is -2.21. The minimum Gasteiger partial charge on any atom is -0.395 e. The first-order valence-electron chi connectivity index (χ1n) is 4.62. The molecule has 0 spiro atoms. The van der Waals surface area contributed by atoms with Gasteiger partial charge in [-0.15, -0.1) is 0 Å². The Kier molecular flexibility index (Phi) is 8.51. The van der Waals surface area contributed by atoms with Gasteiger partial charge in [0.05, 0.1) is 26.2 Å². The monoisotopic (exact) mass is 205 g/mol. The van der Waals surface area contributed by atoms with Gasteiger partial charge in [-0.05, 0) is 0 Å². The summed E-state index contributed by atoms with van der Waals surface area (Å²) in [6.07, 6.45) is 0.347. The molecule has 1 N–H and O–H groups in total. The molecule has 0 aromatic rings. The van der Waals surface area contributed by atoms with Gasteiger partial charge in [-0.25, -0.2) is 0 Å². The number of amides is 1. The molecule has 1 amide bonds. The first-order chi connectivity index (χ1) is 6.76. The van der Waals surface area contributed by atoms with Gasteiger partial charge in [-0.1, -0.05) is 0 Å². The fraction of sp³-hybridized carbons (Fsp3) is 0.889. The molecule has 0 bridgehead atoms. The van der Waals surface area contributed by atoms with Crippen LogP contribution in [0.5, 0.6) is 0 Å². The third-order valence-corrected chi connectivity index (χ3v) is 1.81. The van der Waals surface area contributed by atoms with Crippen molar-refractivity contribution in [2.45, 2.75) is 6.42 Å². The minimum atomic E-state index is -0.0254. The van der Waals surface area contributed by atoms with Crippen LogP contribution in [0.1, 0.15) is 6.42 Å². The highest BCUT2D eigenvalue weighted by atomic mass is 16.5. The highest BCUT2D eigenvalue weighted by molar-refractivity contribution is 5.76. The average molecular weight is 205 g/mol. The standard InChI is InChI=1S/C9H19NO4/c1-13-7-3-9(12)10(4-6-11)5-8-14-2/h11H,3-8H2,1-2H3. The van der Waals surface area contributed by atoms with E-state index in [2.05, 4.69) is 0 Å². The Morgan fingerprint density at radius 1 is 1.21 bits per heavy atom. The van der Waals surface area contributed by atoms with Crippen LogP contribution in [0.3, 0.4) is 0 Å². The van der Waals surface area contributed by atoms with E-state index < -0.39 is 0 Å². The molecule has 0 rings (SSSR count). The maximum absolute atomic E-state index is 11.5. The van der Waals surface area contributed by atoms with E-state index in [4.69, 9.17) is 14.6 Å². The Morgan fingerprint density at radius 3 is 2.36 bits per heavy atom. The maximum atomic E-state index is 11.5. The molecule has 5 heteroatoms. The number of rotatable bonds is 8. The summed E-state index contributed by atoms with van der Waals surface area (Å²) >= 11 is 0. The molecule has 0 unspecified atom stereocenters. The van der Waals surface area contributed by atoms with Gasteiger partial charge in [0.1, 0.15) is 0 Å². The van der Waals surface area contributed by atoms with E-state index in [1.165, 1.54) is 0 Å². The number of ether oxygens (including phenoxy) is 2. The summed E-state index contributed by atoms with van der Waals surface area (Å²) in [5.74, 6) is -0.0158. The van der Waals surface area contributed by atoms with Crippen LogP contribution in [0.15, 0.2) is 0 Å². The normalized spacial score (nSPS) is 10.2.